The van der Waals surface area contributed by atoms with Gasteiger partial charge in [0, 0.05) is 36.3 Å². The molecule has 0 radical (unpaired) electrons. The van der Waals surface area contributed by atoms with Crippen LogP contribution in [0.2, 0.25) is 5.02 Å². The minimum absolute atomic E-state index is 0.0258. The van der Waals surface area contributed by atoms with E-state index in [1.165, 1.54) is 32.1 Å². The maximum atomic E-state index is 13.4. The largest absolute Gasteiger partial charge is 0.504 e. The molecule has 1 aliphatic heterocycles. The van der Waals surface area contributed by atoms with Crippen LogP contribution < -0.4 is 10.7 Å². The van der Waals surface area contributed by atoms with Gasteiger partial charge in [0.2, 0.25) is 0 Å². The zero-order chi connectivity index (χ0) is 31.4. The van der Waals surface area contributed by atoms with Gasteiger partial charge in [0.25, 0.3) is 5.91 Å². The molecule has 0 bridgehead atoms. The molecule has 11 heteroatoms. The maximum absolute atomic E-state index is 13.4. The molecule has 2 aromatic heterocycles. The number of carbonyl (C=O) groups excluding carboxylic acids is 1. The number of rotatable bonds is 10. The molecule has 45 heavy (non-hydrogen) atoms. The third-order valence-electron chi connectivity index (χ3n) is 9.84. The van der Waals surface area contributed by atoms with E-state index in [9.17, 15) is 19.8 Å². The van der Waals surface area contributed by atoms with E-state index in [-0.39, 0.29) is 28.2 Å². The summed E-state index contributed by atoms with van der Waals surface area (Å²) in [6.07, 6.45) is 13.5. The standard InChI is InChI=1S/C34H40ClN5O5/c35-25-8-6-23(7-9-25)16-26(38-33(44)32-18-28(41)27-17-29(42)30(43)19-31(27)45-32)10-13-39-14-11-34(12-15-39,20-40-22-36-21-37-40)24-4-2-1-3-5-24/h6-9,17-19,21-22,24,26,42-43H,1-5,10-16,20H2,(H,38,44)/t26-/m1/s1. The number of hydrogen-bond acceptors (Lipinski definition) is 8. The maximum Gasteiger partial charge on any atom is 0.287 e. The predicted octanol–water partition coefficient (Wildman–Crippen LogP) is 5.54. The number of amides is 1. The Morgan fingerprint density at radius 2 is 1.80 bits per heavy atom. The summed E-state index contributed by atoms with van der Waals surface area (Å²) in [5.41, 5.74) is 0.803. The van der Waals surface area contributed by atoms with Crippen LogP contribution in [0, 0.1) is 11.3 Å². The molecule has 1 saturated heterocycles. The Balaban J connectivity index is 1.15. The van der Waals surface area contributed by atoms with Crippen LogP contribution in [-0.2, 0) is 13.0 Å². The smallest absolute Gasteiger partial charge is 0.287 e. The molecular weight excluding hydrogens is 594 g/mol. The molecule has 6 rings (SSSR count). The summed E-state index contributed by atoms with van der Waals surface area (Å²) in [5, 5.41) is 28.0. The molecule has 2 fully saturated rings. The summed E-state index contributed by atoms with van der Waals surface area (Å²) in [5.74, 6) is -0.816. The van der Waals surface area contributed by atoms with Crippen molar-refractivity contribution in [3.8, 4) is 11.5 Å². The van der Waals surface area contributed by atoms with Gasteiger partial charge in [-0.3, -0.25) is 14.3 Å². The van der Waals surface area contributed by atoms with Crippen LogP contribution in [0.15, 0.2) is 64.3 Å². The minimum atomic E-state index is -0.511. The van der Waals surface area contributed by atoms with Gasteiger partial charge in [-0.1, -0.05) is 43.0 Å². The number of piperidine rings is 1. The zero-order valence-electron chi connectivity index (χ0n) is 25.3. The number of phenols is 2. The molecule has 1 atom stereocenters. The fraction of sp³-hybridized carbons (Fsp3) is 0.471. The highest BCUT2D eigenvalue weighted by Crippen LogP contribution is 2.47. The Morgan fingerprint density at radius 1 is 1.07 bits per heavy atom. The number of aromatic nitrogens is 3. The average Bonchev–Trinajstić information content (AvgIpc) is 3.56. The molecular formula is C34H40ClN5O5. The van der Waals surface area contributed by atoms with E-state index in [4.69, 9.17) is 16.0 Å². The number of nitrogens with zero attached hydrogens (tertiary/aromatic N) is 4. The van der Waals surface area contributed by atoms with E-state index in [1.807, 2.05) is 35.3 Å². The van der Waals surface area contributed by atoms with Crippen molar-refractivity contribution in [1.29, 1.82) is 0 Å². The second-order valence-electron chi connectivity index (χ2n) is 12.7. The van der Waals surface area contributed by atoms with E-state index >= 15 is 0 Å². The van der Waals surface area contributed by atoms with Crippen molar-refractivity contribution in [1.82, 2.24) is 25.0 Å². The van der Waals surface area contributed by atoms with Gasteiger partial charge in [-0.05, 0) is 86.7 Å². The summed E-state index contributed by atoms with van der Waals surface area (Å²) in [6, 6.07) is 10.8. The van der Waals surface area contributed by atoms with Crippen molar-refractivity contribution in [2.24, 2.45) is 11.3 Å². The fourth-order valence-corrected chi connectivity index (χ4v) is 7.41. The van der Waals surface area contributed by atoms with E-state index in [1.54, 1.807) is 6.33 Å². The van der Waals surface area contributed by atoms with E-state index in [0.717, 1.165) is 62.8 Å². The van der Waals surface area contributed by atoms with Gasteiger partial charge >= 0.3 is 0 Å². The topological polar surface area (TPSA) is 134 Å². The molecule has 0 spiro atoms. The summed E-state index contributed by atoms with van der Waals surface area (Å²) in [4.78, 5) is 32.8. The van der Waals surface area contributed by atoms with Crippen molar-refractivity contribution in [2.45, 2.75) is 70.4 Å². The quantitative estimate of drug-likeness (QED) is 0.194. The van der Waals surface area contributed by atoms with Crippen LogP contribution >= 0.6 is 11.6 Å². The first-order chi connectivity index (χ1) is 21.8. The molecule has 4 aromatic rings. The molecule has 0 unspecified atom stereocenters. The summed E-state index contributed by atoms with van der Waals surface area (Å²) in [7, 11) is 0. The molecule has 3 heterocycles. The number of hydrogen-bond donors (Lipinski definition) is 3. The highest BCUT2D eigenvalue weighted by Gasteiger charge is 2.42. The summed E-state index contributed by atoms with van der Waals surface area (Å²) < 4.78 is 7.71. The lowest BCUT2D eigenvalue weighted by atomic mass is 9.63. The lowest BCUT2D eigenvalue weighted by Gasteiger charge is -2.48. The van der Waals surface area contributed by atoms with Gasteiger partial charge in [0.1, 0.15) is 18.2 Å². The van der Waals surface area contributed by atoms with Gasteiger partial charge in [0.05, 0.1) is 5.39 Å². The van der Waals surface area contributed by atoms with Crippen molar-refractivity contribution in [3.05, 3.63) is 81.7 Å². The van der Waals surface area contributed by atoms with Crippen LogP contribution in [0.25, 0.3) is 11.0 Å². The van der Waals surface area contributed by atoms with Crippen LogP contribution in [0.1, 0.15) is 67.5 Å². The van der Waals surface area contributed by atoms with E-state index in [0.29, 0.717) is 23.8 Å². The number of benzene rings is 2. The SMILES string of the molecule is O=C(N[C@H](CCN1CCC(Cn2cncn2)(C2CCCCC2)CC1)Cc1ccc(Cl)cc1)c1cc(=O)c2cc(O)c(O)cc2o1. The molecule has 3 N–H and O–H groups in total. The number of halogens is 1. The Labute approximate surface area is 267 Å². The van der Waals surface area contributed by atoms with Gasteiger partial charge in [-0.15, -0.1) is 0 Å². The first-order valence-corrected chi connectivity index (χ1v) is 16.3. The van der Waals surface area contributed by atoms with Crippen LogP contribution in [0.3, 0.4) is 0 Å². The molecule has 10 nitrogen and oxygen atoms in total. The lowest BCUT2D eigenvalue weighted by molar-refractivity contribution is 0.0104. The van der Waals surface area contributed by atoms with Crippen LogP contribution in [0.4, 0.5) is 0 Å². The van der Waals surface area contributed by atoms with Gasteiger partial charge in [-0.2, -0.15) is 5.10 Å². The second kappa shape index (κ2) is 13.6. The average molecular weight is 634 g/mol. The van der Waals surface area contributed by atoms with Crippen LogP contribution in [0.5, 0.6) is 11.5 Å². The third kappa shape index (κ3) is 7.34. The van der Waals surface area contributed by atoms with Crippen molar-refractivity contribution < 1.29 is 19.4 Å². The fourth-order valence-electron chi connectivity index (χ4n) is 7.29. The highest BCUT2D eigenvalue weighted by molar-refractivity contribution is 6.30. The Morgan fingerprint density at radius 3 is 2.51 bits per heavy atom. The zero-order valence-corrected chi connectivity index (χ0v) is 26.1. The van der Waals surface area contributed by atoms with Gasteiger partial charge in [0.15, 0.2) is 22.7 Å². The molecule has 1 amide bonds. The first-order valence-electron chi connectivity index (χ1n) is 15.9. The summed E-state index contributed by atoms with van der Waals surface area (Å²) >= 11 is 6.12. The molecule has 238 valence electrons. The van der Waals surface area contributed by atoms with Crippen molar-refractivity contribution >= 4 is 28.5 Å². The normalized spacial score (nSPS) is 18.2. The number of aromatic hydroxyl groups is 2. The monoisotopic (exact) mass is 633 g/mol. The Hall–Kier alpha value is -3.89. The van der Waals surface area contributed by atoms with Crippen LogP contribution in [-0.4, -0.2) is 61.5 Å². The highest BCUT2D eigenvalue weighted by atomic mass is 35.5. The number of carbonyl (C=O) groups is 1. The molecule has 1 aliphatic carbocycles. The lowest BCUT2D eigenvalue weighted by Crippen LogP contribution is -2.48. The Kier molecular flexibility index (Phi) is 9.42. The molecule has 2 aliphatic rings. The van der Waals surface area contributed by atoms with Crippen molar-refractivity contribution in [3.63, 3.8) is 0 Å². The predicted molar refractivity (Wildman–Crippen MR) is 172 cm³/mol. The van der Waals surface area contributed by atoms with E-state index < -0.39 is 22.8 Å². The van der Waals surface area contributed by atoms with Gasteiger partial charge < -0.3 is 24.8 Å². The van der Waals surface area contributed by atoms with E-state index in [2.05, 4.69) is 20.3 Å². The number of likely N-dealkylation sites (tertiary alicyclic amines) is 1. The third-order valence-corrected chi connectivity index (χ3v) is 10.1. The summed E-state index contributed by atoms with van der Waals surface area (Å²) in [6.45, 7) is 3.71. The number of nitrogens with one attached hydrogen (secondary N) is 1. The minimum Gasteiger partial charge on any atom is -0.504 e. The Bertz CT molecular complexity index is 1660. The number of phenolic OH excluding ortho intramolecular Hbond substituents is 2. The second-order valence-corrected chi connectivity index (χ2v) is 13.2. The van der Waals surface area contributed by atoms with Crippen molar-refractivity contribution in [2.75, 3.05) is 19.6 Å². The molecule has 1 saturated carbocycles. The number of fused-ring (bicyclic) bond motifs is 1. The molecule has 2 aromatic carbocycles. The van der Waals surface area contributed by atoms with Gasteiger partial charge in [-0.25, -0.2) is 4.98 Å². The first kappa shape index (κ1) is 31.1.